The number of para-hydroxylation sites is 1. The van der Waals surface area contributed by atoms with Crippen LogP contribution < -0.4 is 5.56 Å². The van der Waals surface area contributed by atoms with Crippen LogP contribution >= 0.6 is 11.8 Å². The largest absolute Gasteiger partial charge is 0.377 e. The van der Waals surface area contributed by atoms with Gasteiger partial charge in [0.15, 0.2) is 5.16 Å². The molecule has 0 saturated carbocycles. The average molecular weight is 353 g/mol. The van der Waals surface area contributed by atoms with E-state index < -0.39 is 0 Å². The van der Waals surface area contributed by atoms with Crippen molar-refractivity contribution in [1.29, 1.82) is 0 Å². The Bertz CT molecular complexity index is 964. The fourth-order valence-electron chi connectivity index (χ4n) is 3.05. The molecule has 0 bridgehead atoms. The van der Waals surface area contributed by atoms with Crippen LogP contribution in [0.2, 0.25) is 0 Å². The van der Waals surface area contributed by atoms with Crippen LogP contribution in [-0.2, 0) is 4.74 Å². The van der Waals surface area contributed by atoms with E-state index in [-0.39, 0.29) is 11.7 Å². The fraction of sp³-hybridized carbons (Fsp3) is 0.316. The van der Waals surface area contributed by atoms with Crippen molar-refractivity contribution < 1.29 is 4.74 Å². The van der Waals surface area contributed by atoms with Crippen molar-refractivity contribution in [3.05, 3.63) is 58.5 Å². The smallest absolute Gasteiger partial charge is 0.267 e. The maximum atomic E-state index is 13.1. The zero-order valence-corrected chi connectivity index (χ0v) is 14.8. The first-order valence-electron chi connectivity index (χ1n) is 8.42. The molecule has 1 saturated heterocycles. The number of rotatable bonds is 4. The molecule has 3 heterocycles. The molecule has 0 spiro atoms. The van der Waals surface area contributed by atoms with Gasteiger partial charge < -0.3 is 4.74 Å². The number of benzene rings is 1. The molecule has 25 heavy (non-hydrogen) atoms. The molecule has 4 rings (SSSR count). The van der Waals surface area contributed by atoms with Crippen molar-refractivity contribution in [3.8, 4) is 5.82 Å². The number of aryl methyl sites for hydroxylation is 1. The van der Waals surface area contributed by atoms with E-state index in [1.165, 1.54) is 0 Å². The highest BCUT2D eigenvalue weighted by Crippen LogP contribution is 2.25. The van der Waals surface area contributed by atoms with Crippen LogP contribution in [0.15, 0.2) is 52.5 Å². The third-order valence-corrected chi connectivity index (χ3v) is 5.43. The third-order valence-electron chi connectivity index (χ3n) is 4.36. The fourth-order valence-corrected chi connectivity index (χ4v) is 4.11. The summed E-state index contributed by atoms with van der Waals surface area (Å²) < 4.78 is 7.35. The Morgan fingerprint density at radius 1 is 1.28 bits per heavy atom. The van der Waals surface area contributed by atoms with E-state index in [1.54, 1.807) is 22.5 Å². The summed E-state index contributed by atoms with van der Waals surface area (Å²) >= 11 is 1.56. The number of hydrogen-bond donors (Lipinski definition) is 0. The zero-order valence-electron chi connectivity index (χ0n) is 14.0. The molecule has 1 aromatic carbocycles. The summed E-state index contributed by atoms with van der Waals surface area (Å²) in [5, 5.41) is 1.27. The Morgan fingerprint density at radius 2 is 2.16 bits per heavy atom. The van der Waals surface area contributed by atoms with Gasteiger partial charge in [-0.3, -0.25) is 4.79 Å². The van der Waals surface area contributed by atoms with Crippen molar-refractivity contribution in [1.82, 2.24) is 14.5 Å². The third kappa shape index (κ3) is 3.19. The first-order valence-corrected chi connectivity index (χ1v) is 9.41. The molecular formula is C19H19N3O2S. The summed E-state index contributed by atoms with van der Waals surface area (Å²) in [5.41, 5.74) is 1.58. The number of nitrogens with zero attached hydrogens (tertiary/aromatic N) is 3. The van der Waals surface area contributed by atoms with Crippen LogP contribution in [0, 0.1) is 6.92 Å². The highest BCUT2D eigenvalue weighted by Gasteiger charge is 2.20. The lowest BCUT2D eigenvalue weighted by Crippen LogP contribution is -2.24. The quantitative estimate of drug-likeness (QED) is 0.532. The Labute approximate surface area is 150 Å². The second-order valence-electron chi connectivity index (χ2n) is 6.14. The van der Waals surface area contributed by atoms with Crippen LogP contribution in [0.3, 0.4) is 0 Å². The molecule has 128 valence electrons. The molecule has 2 aromatic heterocycles. The summed E-state index contributed by atoms with van der Waals surface area (Å²) in [6.45, 7) is 2.78. The second-order valence-corrected chi connectivity index (χ2v) is 7.13. The van der Waals surface area contributed by atoms with Crippen molar-refractivity contribution in [2.24, 2.45) is 0 Å². The van der Waals surface area contributed by atoms with E-state index in [1.807, 2.05) is 43.3 Å². The van der Waals surface area contributed by atoms with Gasteiger partial charge in [0.05, 0.1) is 17.0 Å². The topological polar surface area (TPSA) is 57.0 Å². The number of aromatic nitrogens is 3. The Kier molecular flexibility index (Phi) is 4.55. The summed E-state index contributed by atoms with van der Waals surface area (Å²) in [6, 6.07) is 11.3. The van der Waals surface area contributed by atoms with Gasteiger partial charge >= 0.3 is 0 Å². The SMILES string of the molecule is Cc1cccnc1-n1c(SCC2CCCO2)nc2ccccc2c1=O. The predicted octanol–water partition coefficient (Wildman–Crippen LogP) is 3.36. The molecule has 1 unspecified atom stereocenters. The van der Waals surface area contributed by atoms with Gasteiger partial charge in [-0.05, 0) is 43.5 Å². The molecule has 6 heteroatoms. The standard InChI is InChI=1S/C19H19N3O2S/c1-13-6-4-10-20-17(13)22-18(23)15-8-2-3-9-16(15)21-19(22)25-12-14-7-5-11-24-14/h2-4,6,8-10,14H,5,7,11-12H2,1H3. The zero-order chi connectivity index (χ0) is 17.2. The Morgan fingerprint density at radius 3 is 2.96 bits per heavy atom. The lowest BCUT2D eigenvalue weighted by Gasteiger charge is -2.15. The minimum absolute atomic E-state index is 0.0813. The van der Waals surface area contributed by atoms with Gasteiger partial charge in [-0.15, -0.1) is 0 Å². The number of ether oxygens (including phenoxy) is 1. The first kappa shape index (κ1) is 16.3. The van der Waals surface area contributed by atoms with Crippen molar-refractivity contribution in [3.63, 3.8) is 0 Å². The van der Waals surface area contributed by atoms with E-state index in [4.69, 9.17) is 9.72 Å². The van der Waals surface area contributed by atoms with Crippen LogP contribution in [0.25, 0.3) is 16.7 Å². The summed E-state index contributed by atoms with van der Waals surface area (Å²) in [7, 11) is 0. The van der Waals surface area contributed by atoms with Gasteiger partial charge in [0.2, 0.25) is 0 Å². The minimum atomic E-state index is -0.0813. The summed E-state index contributed by atoms with van der Waals surface area (Å²) in [6.07, 6.45) is 4.10. The van der Waals surface area contributed by atoms with Crippen molar-refractivity contribution in [2.75, 3.05) is 12.4 Å². The van der Waals surface area contributed by atoms with Gasteiger partial charge in [-0.25, -0.2) is 14.5 Å². The van der Waals surface area contributed by atoms with Gasteiger partial charge in [-0.1, -0.05) is 30.0 Å². The highest BCUT2D eigenvalue weighted by molar-refractivity contribution is 7.99. The van der Waals surface area contributed by atoms with E-state index in [2.05, 4.69) is 4.98 Å². The predicted molar refractivity (Wildman–Crippen MR) is 99.6 cm³/mol. The molecular weight excluding hydrogens is 334 g/mol. The van der Waals surface area contributed by atoms with E-state index >= 15 is 0 Å². The van der Waals surface area contributed by atoms with Gasteiger partial charge in [0.25, 0.3) is 5.56 Å². The van der Waals surface area contributed by atoms with Gasteiger partial charge in [0, 0.05) is 18.6 Å². The molecule has 1 atom stereocenters. The van der Waals surface area contributed by atoms with Gasteiger partial charge in [0.1, 0.15) is 5.82 Å². The lowest BCUT2D eigenvalue weighted by atomic mass is 10.2. The monoisotopic (exact) mass is 353 g/mol. The molecule has 1 aliphatic rings. The van der Waals surface area contributed by atoms with Crippen molar-refractivity contribution in [2.45, 2.75) is 31.0 Å². The summed E-state index contributed by atoms with van der Waals surface area (Å²) in [4.78, 5) is 22.3. The molecule has 0 amide bonds. The normalized spacial score (nSPS) is 17.2. The molecule has 3 aromatic rings. The second kappa shape index (κ2) is 6.98. The number of hydrogen-bond acceptors (Lipinski definition) is 5. The minimum Gasteiger partial charge on any atom is -0.377 e. The molecule has 1 aliphatic heterocycles. The maximum absolute atomic E-state index is 13.1. The Balaban J connectivity index is 1.85. The molecule has 5 nitrogen and oxygen atoms in total. The molecule has 0 radical (unpaired) electrons. The average Bonchev–Trinajstić information content (AvgIpc) is 3.15. The van der Waals surface area contributed by atoms with E-state index in [0.717, 1.165) is 30.8 Å². The van der Waals surface area contributed by atoms with Gasteiger partial charge in [-0.2, -0.15) is 0 Å². The lowest BCUT2D eigenvalue weighted by molar-refractivity contribution is 0.129. The number of thioether (sulfide) groups is 1. The first-order chi connectivity index (χ1) is 12.2. The van der Waals surface area contributed by atoms with Crippen molar-refractivity contribution >= 4 is 22.7 Å². The number of fused-ring (bicyclic) bond motifs is 1. The van der Waals surface area contributed by atoms with Crippen LogP contribution in [0.4, 0.5) is 0 Å². The van der Waals surface area contributed by atoms with Crippen LogP contribution in [-0.4, -0.2) is 33.0 Å². The number of pyridine rings is 1. The molecule has 0 N–H and O–H groups in total. The van der Waals surface area contributed by atoms with Crippen LogP contribution in [0.1, 0.15) is 18.4 Å². The summed E-state index contributed by atoms with van der Waals surface area (Å²) in [5.74, 6) is 1.43. The molecule has 0 aliphatic carbocycles. The van der Waals surface area contributed by atoms with E-state index in [9.17, 15) is 4.79 Å². The van der Waals surface area contributed by atoms with Crippen LogP contribution in [0.5, 0.6) is 0 Å². The highest BCUT2D eigenvalue weighted by atomic mass is 32.2. The maximum Gasteiger partial charge on any atom is 0.267 e. The molecule has 1 fully saturated rings. The Hall–Kier alpha value is -2.18. The van der Waals surface area contributed by atoms with E-state index in [0.29, 0.717) is 21.9 Å².